The second-order valence-corrected chi connectivity index (χ2v) is 4.90. The maximum absolute atomic E-state index is 11.1. The Morgan fingerprint density at radius 3 is 1.91 bits per heavy atom. The lowest BCUT2D eigenvalue weighted by Gasteiger charge is -2.07. The molecule has 0 bridgehead atoms. The number of allylic oxidation sites excluding steroid dienone is 4. The minimum Gasteiger partial charge on any atom is -0.399 e. The SMILES string of the molecule is Nc1ccc(Nc2ccc(N=C3C=CC(=O)C=C3)cc2)cc1. The summed E-state index contributed by atoms with van der Waals surface area (Å²) in [5.41, 5.74) is 9.95. The summed E-state index contributed by atoms with van der Waals surface area (Å²) < 4.78 is 0. The molecular weight excluding hydrogens is 274 g/mol. The molecule has 0 unspecified atom stereocenters. The van der Waals surface area contributed by atoms with Gasteiger partial charge in [0, 0.05) is 17.1 Å². The number of hydrogen-bond acceptors (Lipinski definition) is 4. The minimum absolute atomic E-state index is 0.0120. The average molecular weight is 289 g/mol. The van der Waals surface area contributed by atoms with Crippen molar-refractivity contribution in [2.24, 2.45) is 4.99 Å². The number of nitrogen functional groups attached to an aromatic ring is 1. The number of rotatable bonds is 3. The van der Waals surface area contributed by atoms with E-state index in [0.717, 1.165) is 28.5 Å². The van der Waals surface area contributed by atoms with E-state index in [4.69, 9.17) is 5.73 Å². The summed E-state index contributed by atoms with van der Waals surface area (Å²) in [5, 5.41) is 3.29. The quantitative estimate of drug-likeness (QED) is 0.667. The standard InChI is InChI=1S/C18H15N3O/c19-13-1-3-14(4-2-13)20-15-5-7-16(8-6-15)21-17-9-11-18(22)12-10-17/h1-12,20H,19H2. The Kier molecular flexibility index (Phi) is 3.83. The first-order valence-electron chi connectivity index (χ1n) is 6.90. The molecule has 0 amide bonds. The number of nitrogens with two attached hydrogens (primary N) is 1. The molecule has 0 atom stereocenters. The summed E-state index contributed by atoms with van der Waals surface area (Å²) in [5.74, 6) is -0.0120. The van der Waals surface area contributed by atoms with E-state index >= 15 is 0 Å². The summed E-state index contributed by atoms with van der Waals surface area (Å²) in [7, 11) is 0. The van der Waals surface area contributed by atoms with Gasteiger partial charge in [-0.25, -0.2) is 4.99 Å². The Labute approximate surface area is 128 Å². The van der Waals surface area contributed by atoms with E-state index in [1.807, 2.05) is 48.5 Å². The van der Waals surface area contributed by atoms with E-state index in [2.05, 4.69) is 10.3 Å². The van der Waals surface area contributed by atoms with Crippen molar-refractivity contribution in [3.63, 3.8) is 0 Å². The third kappa shape index (κ3) is 3.49. The highest BCUT2D eigenvalue weighted by Gasteiger charge is 2.00. The van der Waals surface area contributed by atoms with Crippen molar-refractivity contribution in [2.45, 2.75) is 0 Å². The van der Waals surface area contributed by atoms with Crippen LogP contribution in [0.4, 0.5) is 22.7 Å². The molecule has 4 nitrogen and oxygen atoms in total. The van der Waals surface area contributed by atoms with Crippen LogP contribution in [-0.4, -0.2) is 11.5 Å². The lowest BCUT2D eigenvalue weighted by atomic mass is 10.1. The van der Waals surface area contributed by atoms with Crippen molar-refractivity contribution < 1.29 is 4.79 Å². The molecule has 0 spiro atoms. The third-order valence-corrected chi connectivity index (χ3v) is 3.16. The number of anilines is 3. The van der Waals surface area contributed by atoms with Crippen molar-refractivity contribution in [1.29, 1.82) is 0 Å². The summed E-state index contributed by atoms with van der Waals surface area (Å²) in [6.07, 6.45) is 6.44. The first kappa shape index (κ1) is 13.8. The van der Waals surface area contributed by atoms with Gasteiger partial charge < -0.3 is 11.1 Å². The number of nitrogens with one attached hydrogen (secondary N) is 1. The van der Waals surface area contributed by atoms with Crippen molar-refractivity contribution in [3.8, 4) is 0 Å². The van der Waals surface area contributed by atoms with Crippen LogP contribution in [0.3, 0.4) is 0 Å². The molecule has 3 N–H and O–H groups in total. The Bertz CT molecular complexity index is 751. The van der Waals surface area contributed by atoms with E-state index in [9.17, 15) is 4.79 Å². The molecule has 0 saturated carbocycles. The van der Waals surface area contributed by atoms with Crippen LogP contribution < -0.4 is 11.1 Å². The van der Waals surface area contributed by atoms with E-state index in [1.54, 1.807) is 12.2 Å². The van der Waals surface area contributed by atoms with Crippen LogP contribution >= 0.6 is 0 Å². The number of carbonyl (C=O) groups excluding carboxylic acids is 1. The first-order chi connectivity index (χ1) is 10.7. The zero-order valence-electron chi connectivity index (χ0n) is 11.9. The third-order valence-electron chi connectivity index (χ3n) is 3.16. The van der Waals surface area contributed by atoms with Crippen LogP contribution in [0.15, 0.2) is 77.8 Å². The number of hydrogen-bond donors (Lipinski definition) is 2. The Hall–Kier alpha value is -3.14. The molecule has 108 valence electrons. The van der Waals surface area contributed by atoms with Crippen molar-refractivity contribution in [3.05, 3.63) is 72.8 Å². The molecule has 22 heavy (non-hydrogen) atoms. The molecule has 0 heterocycles. The molecule has 0 aromatic heterocycles. The van der Waals surface area contributed by atoms with Gasteiger partial charge in [-0.05, 0) is 72.8 Å². The molecule has 0 fully saturated rings. The molecule has 2 aromatic carbocycles. The van der Waals surface area contributed by atoms with E-state index in [0.29, 0.717) is 0 Å². The number of benzene rings is 2. The molecule has 1 aliphatic carbocycles. The Morgan fingerprint density at radius 1 is 0.773 bits per heavy atom. The molecule has 0 saturated heterocycles. The van der Waals surface area contributed by atoms with Crippen molar-refractivity contribution in [1.82, 2.24) is 0 Å². The zero-order valence-corrected chi connectivity index (χ0v) is 11.9. The predicted molar refractivity (Wildman–Crippen MR) is 91.0 cm³/mol. The summed E-state index contributed by atoms with van der Waals surface area (Å²) in [6, 6.07) is 15.3. The van der Waals surface area contributed by atoms with Gasteiger partial charge in [-0.3, -0.25) is 4.79 Å². The summed E-state index contributed by atoms with van der Waals surface area (Å²) in [4.78, 5) is 15.5. The van der Waals surface area contributed by atoms with E-state index in [-0.39, 0.29) is 5.78 Å². The van der Waals surface area contributed by atoms with Gasteiger partial charge in [0.2, 0.25) is 0 Å². The molecule has 0 aliphatic heterocycles. The summed E-state index contributed by atoms with van der Waals surface area (Å²) >= 11 is 0. The number of aliphatic imine (C=N–C) groups is 1. The fraction of sp³-hybridized carbons (Fsp3) is 0. The second-order valence-electron chi connectivity index (χ2n) is 4.90. The van der Waals surface area contributed by atoms with Gasteiger partial charge in [0.15, 0.2) is 5.78 Å². The van der Waals surface area contributed by atoms with Gasteiger partial charge in [-0.1, -0.05) is 0 Å². The lowest BCUT2D eigenvalue weighted by molar-refractivity contribution is -0.110. The zero-order chi connectivity index (χ0) is 15.4. The smallest absolute Gasteiger partial charge is 0.178 e. The Morgan fingerprint density at radius 2 is 1.32 bits per heavy atom. The van der Waals surface area contributed by atoms with Gasteiger partial charge in [-0.2, -0.15) is 0 Å². The minimum atomic E-state index is -0.0120. The van der Waals surface area contributed by atoms with Gasteiger partial charge in [0.05, 0.1) is 11.4 Å². The van der Waals surface area contributed by atoms with Gasteiger partial charge >= 0.3 is 0 Å². The van der Waals surface area contributed by atoms with Gasteiger partial charge in [0.25, 0.3) is 0 Å². The summed E-state index contributed by atoms with van der Waals surface area (Å²) in [6.45, 7) is 0. The van der Waals surface area contributed by atoms with Gasteiger partial charge in [-0.15, -0.1) is 0 Å². The maximum Gasteiger partial charge on any atom is 0.178 e. The van der Waals surface area contributed by atoms with E-state index < -0.39 is 0 Å². The van der Waals surface area contributed by atoms with Crippen molar-refractivity contribution in [2.75, 3.05) is 11.1 Å². The normalized spacial score (nSPS) is 13.3. The number of carbonyl (C=O) groups is 1. The predicted octanol–water partition coefficient (Wildman–Crippen LogP) is 3.78. The topological polar surface area (TPSA) is 67.5 Å². The molecule has 1 aliphatic rings. The van der Waals surface area contributed by atoms with Crippen LogP contribution in [0.1, 0.15) is 0 Å². The van der Waals surface area contributed by atoms with Crippen LogP contribution in [0.25, 0.3) is 0 Å². The largest absolute Gasteiger partial charge is 0.399 e. The van der Waals surface area contributed by atoms with Crippen LogP contribution in [0.5, 0.6) is 0 Å². The molecule has 3 rings (SSSR count). The van der Waals surface area contributed by atoms with Crippen molar-refractivity contribution >= 4 is 34.2 Å². The second kappa shape index (κ2) is 6.10. The van der Waals surface area contributed by atoms with Gasteiger partial charge in [0.1, 0.15) is 0 Å². The molecular formula is C18H15N3O. The average Bonchev–Trinajstić information content (AvgIpc) is 2.54. The van der Waals surface area contributed by atoms with Crippen LogP contribution in [0.2, 0.25) is 0 Å². The maximum atomic E-state index is 11.1. The van der Waals surface area contributed by atoms with Crippen LogP contribution in [-0.2, 0) is 4.79 Å². The fourth-order valence-electron chi connectivity index (χ4n) is 2.02. The highest BCUT2D eigenvalue weighted by molar-refractivity contribution is 6.17. The first-order valence-corrected chi connectivity index (χ1v) is 6.90. The van der Waals surface area contributed by atoms with Crippen LogP contribution in [0, 0.1) is 0 Å². The Balaban J connectivity index is 1.71. The monoisotopic (exact) mass is 289 g/mol. The fourth-order valence-corrected chi connectivity index (χ4v) is 2.02. The van der Waals surface area contributed by atoms with E-state index in [1.165, 1.54) is 12.2 Å². The number of nitrogens with zero attached hydrogens (tertiary/aromatic N) is 1. The molecule has 4 heteroatoms. The molecule has 2 aromatic rings. The highest BCUT2D eigenvalue weighted by Crippen LogP contribution is 2.21. The number of ketones is 1. The highest BCUT2D eigenvalue weighted by atomic mass is 16.1. The lowest BCUT2D eigenvalue weighted by Crippen LogP contribution is -1.98. The molecule has 0 radical (unpaired) electrons.